The Balaban J connectivity index is 1.68. The van der Waals surface area contributed by atoms with Crippen molar-refractivity contribution in [2.75, 3.05) is 11.9 Å². The van der Waals surface area contributed by atoms with Gasteiger partial charge in [-0.1, -0.05) is 37.8 Å². The molecule has 0 aromatic heterocycles. The quantitative estimate of drug-likeness (QED) is 0.810. The van der Waals surface area contributed by atoms with Crippen molar-refractivity contribution in [1.29, 1.82) is 0 Å². The standard InChI is InChI=1S/C16H23FN2O/c17-14-9-5-6-10-15(14)18-12-11-16(20)19-13-7-3-1-2-4-8-13/h5-6,9-10,13,18H,1-4,7-8,11-12H2,(H,19,20). The number of amides is 1. The Bertz CT molecular complexity index is 428. The molecule has 4 heteroatoms. The molecule has 0 bridgehead atoms. The number of benzene rings is 1. The first-order valence-electron chi connectivity index (χ1n) is 7.53. The van der Waals surface area contributed by atoms with Crippen LogP contribution in [0.2, 0.25) is 0 Å². The molecule has 0 heterocycles. The lowest BCUT2D eigenvalue weighted by atomic mass is 10.1. The molecule has 20 heavy (non-hydrogen) atoms. The summed E-state index contributed by atoms with van der Waals surface area (Å²) in [5, 5.41) is 6.04. The molecule has 110 valence electrons. The lowest BCUT2D eigenvalue weighted by molar-refractivity contribution is -0.121. The van der Waals surface area contributed by atoms with Gasteiger partial charge in [-0.3, -0.25) is 4.79 Å². The molecule has 1 aliphatic rings. The summed E-state index contributed by atoms with van der Waals surface area (Å²) >= 11 is 0. The molecule has 1 aliphatic carbocycles. The van der Waals surface area contributed by atoms with Gasteiger partial charge in [0, 0.05) is 19.0 Å². The third-order valence-electron chi connectivity index (χ3n) is 3.76. The van der Waals surface area contributed by atoms with Gasteiger partial charge < -0.3 is 10.6 Å². The summed E-state index contributed by atoms with van der Waals surface area (Å²) in [5.74, 6) is -0.225. The van der Waals surface area contributed by atoms with Gasteiger partial charge in [0.2, 0.25) is 5.91 Å². The number of hydrogen-bond acceptors (Lipinski definition) is 2. The smallest absolute Gasteiger partial charge is 0.221 e. The van der Waals surface area contributed by atoms with Crippen molar-refractivity contribution in [2.45, 2.75) is 51.0 Å². The summed E-state index contributed by atoms with van der Waals surface area (Å²) < 4.78 is 13.4. The Labute approximate surface area is 120 Å². The molecule has 1 fully saturated rings. The predicted molar refractivity (Wildman–Crippen MR) is 79.1 cm³/mol. The molecule has 0 atom stereocenters. The number of hydrogen-bond donors (Lipinski definition) is 2. The van der Waals surface area contributed by atoms with E-state index in [9.17, 15) is 9.18 Å². The molecular weight excluding hydrogens is 255 g/mol. The number of carbonyl (C=O) groups is 1. The number of halogens is 1. The maximum absolute atomic E-state index is 13.4. The molecular formula is C16H23FN2O. The van der Waals surface area contributed by atoms with Gasteiger partial charge in [-0.2, -0.15) is 0 Å². The number of carbonyl (C=O) groups excluding carboxylic acids is 1. The minimum Gasteiger partial charge on any atom is -0.382 e. The van der Waals surface area contributed by atoms with Crippen LogP contribution in [0.5, 0.6) is 0 Å². The summed E-state index contributed by atoms with van der Waals surface area (Å²) in [4.78, 5) is 11.9. The molecule has 2 rings (SSSR count). The molecule has 0 unspecified atom stereocenters. The van der Waals surface area contributed by atoms with Crippen LogP contribution in [-0.2, 0) is 4.79 Å². The fourth-order valence-corrected chi connectivity index (χ4v) is 2.64. The van der Waals surface area contributed by atoms with E-state index in [1.807, 2.05) is 0 Å². The van der Waals surface area contributed by atoms with Gasteiger partial charge in [0.1, 0.15) is 5.82 Å². The van der Waals surface area contributed by atoms with Crippen molar-refractivity contribution in [3.63, 3.8) is 0 Å². The van der Waals surface area contributed by atoms with Crippen LogP contribution in [0.15, 0.2) is 24.3 Å². The van der Waals surface area contributed by atoms with Crippen LogP contribution in [0.4, 0.5) is 10.1 Å². The fourth-order valence-electron chi connectivity index (χ4n) is 2.64. The topological polar surface area (TPSA) is 41.1 Å². The third kappa shape index (κ3) is 4.83. The van der Waals surface area contributed by atoms with E-state index >= 15 is 0 Å². The van der Waals surface area contributed by atoms with Gasteiger partial charge in [0.15, 0.2) is 0 Å². The van der Waals surface area contributed by atoms with Crippen LogP contribution in [0, 0.1) is 5.82 Å². The molecule has 0 saturated heterocycles. The predicted octanol–water partition coefficient (Wildman–Crippen LogP) is 3.47. The Kier molecular flexibility index (Phi) is 5.84. The average molecular weight is 278 g/mol. The molecule has 1 saturated carbocycles. The highest BCUT2D eigenvalue weighted by Gasteiger charge is 2.14. The minimum absolute atomic E-state index is 0.0562. The molecule has 1 aromatic rings. The summed E-state index contributed by atoms with van der Waals surface area (Å²) in [7, 11) is 0. The largest absolute Gasteiger partial charge is 0.382 e. The SMILES string of the molecule is O=C(CCNc1ccccc1F)NC1CCCCCC1. The second-order valence-electron chi connectivity index (χ2n) is 5.41. The van der Waals surface area contributed by atoms with E-state index in [-0.39, 0.29) is 11.7 Å². The Hall–Kier alpha value is -1.58. The van der Waals surface area contributed by atoms with Crippen LogP contribution in [0.3, 0.4) is 0 Å². The monoisotopic (exact) mass is 278 g/mol. The Morgan fingerprint density at radius 1 is 1.15 bits per heavy atom. The van der Waals surface area contributed by atoms with Crippen molar-refractivity contribution in [1.82, 2.24) is 5.32 Å². The molecule has 0 aliphatic heterocycles. The summed E-state index contributed by atoms with van der Waals surface area (Å²) in [6, 6.07) is 6.85. The Morgan fingerprint density at radius 2 is 1.85 bits per heavy atom. The zero-order chi connectivity index (χ0) is 14.2. The highest BCUT2D eigenvalue weighted by atomic mass is 19.1. The molecule has 2 N–H and O–H groups in total. The van der Waals surface area contributed by atoms with E-state index < -0.39 is 0 Å². The van der Waals surface area contributed by atoms with E-state index in [0.717, 1.165) is 12.8 Å². The maximum Gasteiger partial charge on any atom is 0.221 e. The van der Waals surface area contributed by atoms with Gasteiger partial charge in [-0.05, 0) is 25.0 Å². The van der Waals surface area contributed by atoms with Gasteiger partial charge in [0.05, 0.1) is 5.69 Å². The lowest BCUT2D eigenvalue weighted by Crippen LogP contribution is -2.35. The third-order valence-corrected chi connectivity index (χ3v) is 3.76. The maximum atomic E-state index is 13.4. The van der Waals surface area contributed by atoms with Crippen molar-refractivity contribution in [3.05, 3.63) is 30.1 Å². The Morgan fingerprint density at radius 3 is 2.55 bits per heavy atom. The van der Waals surface area contributed by atoms with Gasteiger partial charge in [-0.15, -0.1) is 0 Å². The van der Waals surface area contributed by atoms with Crippen LogP contribution in [-0.4, -0.2) is 18.5 Å². The van der Waals surface area contributed by atoms with E-state index in [1.54, 1.807) is 18.2 Å². The molecule has 0 spiro atoms. The molecule has 0 radical (unpaired) electrons. The van der Waals surface area contributed by atoms with Crippen molar-refractivity contribution in [3.8, 4) is 0 Å². The molecule has 1 aromatic carbocycles. The summed E-state index contributed by atoms with van der Waals surface area (Å²) in [6.45, 7) is 0.458. The number of para-hydroxylation sites is 1. The van der Waals surface area contributed by atoms with Crippen molar-refractivity contribution < 1.29 is 9.18 Å². The fraction of sp³-hybridized carbons (Fsp3) is 0.562. The second-order valence-corrected chi connectivity index (χ2v) is 5.41. The van der Waals surface area contributed by atoms with Gasteiger partial charge >= 0.3 is 0 Å². The molecule has 3 nitrogen and oxygen atoms in total. The molecule has 1 amide bonds. The zero-order valence-electron chi connectivity index (χ0n) is 11.8. The minimum atomic E-state index is -0.281. The number of nitrogens with one attached hydrogen (secondary N) is 2. The second kappa shape index (κ2) is 7.88. The van der Waals surface area contributed by atoms with E-state index in [0.29, 0.717) is 24.7 Å². The van der Waals surface area contributed by atoms with Crippen LogP contribution >= 0.6 is 0 Å². The first-order chi connectivity index (χ1) is 9.75. The highest BCUT2D eigenvalue weighted by molar-refractivity contribution is 5.76. The van der Waals surface area contributed by atoms with E-state index in [1.165, 1.54) is 31.7 Å². The number of anilines is 1. The van der Waals surface area contributed by atoms with Crippen LogP contribution < -0.4 is 10.6 Å². The number of rotatable bonds is 5. The van der Waals surface area contributed by atoms with Crippen molar-refractivity contribution >= 4 is 11.6 Å². The first kappa shape index (κ1) is 14.8. The van der Waals surface area contributed by atoms with Crippen LogP contribution in [0.1, 0.15) is 44.9 Å². The first-order valence-corrected chi connectivity index (χ1v) is 7.53. The van der Waals surface area contributed by atoms with Crippen molar-refractivity contribution in [2.24, 2.45) is 0 Å². The van der Waals surface area contributed by atoms with E-state index in [4.69, 9.17) is 0 Å². The highest BCUT2D eigenvalue weighted by Crippen LogP contribution is 2.17. The zero-order valence-corrected chi connectivity index (χ0v) is 11.8. The van der Waals surface area contributed by atoms with Gasteiger partial charge in [-0.25, -0.2) is 4.39 Å². The lowest BCUT2D eigenvalue weighted by Gasteiger charge is -2.16. The average Bonchev–Trinajstić information content (AvgIpc) is 2.69. The summed E-state index contributed by atoms with van der Waals surface area (Å²) in [5.41, 5.74) is 0.453. The normalized spacial score (nSPS) is 16.4. The summed E-state index contributed by atoms with van der Waals surface area (Å²) in [6.07, 6.45) is 7.53. The van der Waals surface area contributed by atoms with E-state index in [2.05, 4.69) is 10.6 Å². The van der Waals surface area contributed by atoms with Crippen LogP contribution in [0.25, 0.3) is 0 Å². The van der Waals surface area contributed by atoms with Gasteiger partial charge in [0.25, 0.3) is 0 Å².